The number of amides is 2. The Hall–Kier alpha value is -1.63. The molecule has 2 amide bonds. The summed E-state index contributed by atoms with van der Waals surface area (Å²) in [6.07, 6.45) is 1.66. The number of nitrogens with two attached hydrogens (primary N) is 2. The Morgan fingerprint density at radius 3 is 2.63 bits per heavy atom. The van der Waals surface area contributed by atoms with Gasteiger partial charge in [0.1, 0.15) is 7.45 Å². The topological polar surface area (TPSA) is 125 Å². The summed E-state index contributed by atoms with van der Waals surface area (Å²) >= 11 is 0. The molecule has 0 saturated carbocycles. The number of carbonyl (C=O) groups is 3. The first-order chi connectivity index (χ1) is 9.42. The molecule has 0 aromatic heterocycles. The Balaban J connectivity index is 4.50. The highest BCUT2D eigenvalue weighted by Crippen LogP contribution is 2.02. The van der Waals surface area contributed by atoms with Crippen molar-refractivity contribution < 1.29 is 20.5 Å². The molecule has 19 heavy (non-hydrogen) atoms. The molecule has 5 N–H and O–H groups in total. The predicted molar refractivity (Wildman–Crippen MR) is 69.9 cm³/mol. The van der Waals surface area contributed by atoms with Gasteiger partial charge in [-0.2, -0.15) is 0 Å². The van der Waals surface area contributed by atoms with Crippen LogP contribution in [0.3, 0.4) is 0 Å². The molecule has 2 atom stereocenters. The Morgan fingerprint density at radius 1 is 1.42 bits per heavy atom. The number of rotatable bonds is 10. The maximum atomic E-state index is 11.8. The van der Waals surface area contributed by atoms with E-state index in [4.69, 9.17) is 11.9 Å². The Kier molecular flexibility index (Phi) is 7.57. The van der Waals surface area contributed by atoms with Crippen LogP contribution >= 0.6 is 0 Å². The largest absolute Gasteiger partial charge is 0.464 e. The van der Waals surface area contributed by atoms with Crippen LogP contribution in [0.2, 0.25) is 1.41 Å². The first-order valence-corrected chi connectivity index (χ1v) is 6.34. The van der Waals surface area contributed by atoms with Crippen LogP contribution in [0.25, 0.3) is 0 Å². The smallest absolute Gasteiger partial charge is 0.328 e. The van der Waals surface area contributed by atoms with Gasteiger partial charge < -0.3 is 21.5 Å². The van der Waals surface area contributed by atoms with E-state index in [0.29, 0.717) is 0 Å². The Bertz CT molecular complexity index is 339. The molecule has 7 nitrogen and oxygen atoms in total. The molecule has 0 bridgehead atoms. The zero-order valence-electron chi connectivity index (χ0n) is 12.4. The van der Waals surface area contributed by atoms with Gasteiger partial charge in [0.15, 0.2) is 0 Å². The lowest BCUT2D eigenvalue weighted by Crippen LogP contribution is -2.48. The normalized spacial score (nSPS) is 14.1. The third kappa shape index (κ3) is 8.15. The van der Waals surface area contributed by atoms with Crippen molar-refractivity contribution in [3.8, 4) is 0 Å². The van der Waals surface area contributed by atoms with E-state index in [2.05, 4.69) is 5.32 Å². The van der Waals surface area contributed by atoms with Gasteiger partial charge in [-0.1, -0.05) is 13.3 Å². The highest BCUT2D eigenvalue weighted by Gasteiger charge is 2.23. The van der Waals surface area contributed by atoms with E-state index in [1.165, 1.54) is 6.92 Å². The van der Waals surface area contributed by atoms with E-state index in [1.54, 1.807) is 0 Å². The molecule has 0 saturated heterocycles. The molecule has 0 rings (SSSR count). The van der Waals surface area contributed by atoms with Crippen LogP contribution in [-0.4, -0.2) is 36.5 Å². The van der Waals surface area contributed by atoms with Gasteiger partial charge in [0.25, 0.3) is 0 Å². The fraction of sp³-hybridized carbons (Fsp3) is 0.750. The molecule has 0 fully saturated rings. The van der Waals surface area contributed by atoms with Crippen LogP contribution in [0.5, 0.6) is 0 Å². The summed E-state index contributed by atoms with van der Waals surface area (Å²) in [5, 5.41) is 2.45. The predicted octanol–water partition coefficient (Wildman–Crippen LogP) is -0.573. The number of carbonyl (C=O) groups excluding carboxylic acids is 3. The summed E-state index contributed by atoms with van der Waals surface area (Å²) in [5.41, 5.74) is 7.05. The second-order valence-electron chi connectivity index (χ2n) is 4.31. The lowest BCUT2D eigenvalue weighted by Gasteiger charge is -2.18. The first-order valence-electron chi connectivity index (χ1n) is 6.84. The summed E-state index contributed by atoms with van der Waals surface area (Å²) in [6, 6.07) is -1.70. The van der Waals surface area contributed by atoms with Crippen molar-refractivity contribution in [3.63, 3.8) is 0 Å². The molecule has 0 spiro atoms. The van der Waals surface area contributed by atoms with Gasteiger partial charge in [0.05, 0.1) is 12.6 Å². The Labute approximate surface area is 114 Å². The van der Waals surface area contributed by atoms with E-state index < -0.39 is 29.9 Å². The average Bonchev–Trinajstić information content (AvgIpc) is 2.41. The summed E-state index contributed by atoms with van der Waals surface area (Å²) in [4.78, 5) is 34.2. The van der Waals surface area contributed by atoms with Gasteiger partial charge in [0, 0.05) is 6.42 Å². The highest BCUT2D eigenvalue weighted by atomic mass is 16.5. The van der Waals surface area contributed by atoms with Crippen molar-refractivity contribution in [1.29, 1.82) is 0 Å². The number of unbranched alkanes of at least 4 members (excludes halogenated alkanes) is 1. The minimum atomic E-state index is -0.928. The van der Waals surface area contributed by atoms with Crippen LogP contribution in [-0.2, 0) is 19.1 Å². The Morgan fingerprint density at radius 2 is 2.11 bits per heavy atom. The van der Waals surface area contributed by atoms with Crippen LogP contribution < -0.4 is 16.8 Å². The maximum Gasteiger partial charge on any atom is 0.328 e. The summed E-state index contributed by atoms with van der Waals surface area (Å²) < 4.78 is 11.9. The quantitative estimate of drug-likeness (QED) is 0.363. The second kappa shape index (κ2) is 9.32. The summed E-state index contributed by atoms with van der Waals surface area (Å²) in [5.74, 6) is -1.66. The zero-order chi connectivity index (χ0) is 15.5. The van der Waals surface area contributed by atoms with Gasteiger partial charge in [-0.15, -0.1) is 0 Å². The van der Waals surface area contributed by atoms with Crippen LogP contribution in [0.15, 0.2) is 0 Å². The van der Waals surface area contributed by atoms with Crippen molar-refractivity contribution in [2.24, 2.45) is 11.5 Å². The van der Waals surface area contributed by atoms with Crippen LogP contribution in [0.4, 0.5) is 0 Å². The molecule has 0 aliphatic heterocycles. The number of hydrogen-bond donors (Lipinski definition) is 3. The molecular formula is C12H23N3O4. The lowest BCUT2D eigenvalue weighted by atomic mass is 10.1. The van der Waals surface area contributed by atoms with Gasteiger partial charge in [0.2, 0.25) is 11.8 Å². The van der Waals surface area contributed by atoms with Crippen molar-refractivity contribution in [1.82, 2.24) is 5.32 Å². The molecule has 7 heteroatoms. The lowest BCUT2D eigenvalue weighted by molar-refractivity contribution is -0.148. The minimum absolute atomic E-state index is 0.0312. The molecule has 0 aromatic rings. The molecule has 110 valence electrons. The molecule has 0 unspecified atom stereocenters. The minimum Gasteiger partial charge on any atom is -0.464 e. The molecular weight excluding hydrogens is 250 g/mol. The van der Waals surface area contributed by atoms with Gasteiger partial charge >= 0.3 is 5.97 Å². The van der Waals surface area contributed by atoms with E-state index in [1.807, 2.05) is 12.7 Å². The van der Waals surface area contributed by atoms with Crippen LogP contribution in [0.1, 0.15) is 39.5 Å². The van der Waals surface area contributed by atoms with E-state index >= 15 is 0 Å². The molecule has 0 aliphatic carbocycles. The first kappa shape index (κ1) is 15.4. The zero-order valence-corrected chi connectivity index (χ0v) is 11.4. The fourth-order valence-electron chi connectivity index (χ4n) is 1.25. The molecule has 0 heterocycles. The summed E-state index contributed by atoms with van der Waals surface area (Å²) in [7, 11) is 0. The number of primary amides is 1. The number of ether oxygens (including phenoxy) is 1. The SMILES string of the molecule is [2H]N[C@@H](C)C(=O)N[C@@H](CCC(N)=O)C(=O)OCCCC. The number of esters is 1. The molecule has 0 aromatic carbocycles. The number of nitrogens with one attached hydrogen (secondary N) is 1. The highest BCUT2D eigenvalue weighted by molar-refractivity contribution is 5.87. The number of hydrogen-bond acceptors (Lipinski definition) is 5. The van der Waals surface area contributed by atoms with Crippen molar-refractivity contribution in [2.75, 3.05) is 6.61 Å². The third-order valence-corrected chi connectivity index (χ3v) is 2.42. The van der Waals surface area contributed by atoms with Crippen molar-refractivity contribution >= 4 is 17.8 Å². The monoisotopic (exact) mass is 274 g/mol. The maximum absolute atomic E-state index is 11.8. The van der Waals surface area contributed by atoms with E-state index in [-0.39, 0.29) is 19.4 Å². The van der Waals surface area contributed by atoms with Gasteiger partial charge in [-0.3, -0.25) is 9.59 Å². The summed E-state index contributed by atoms with van der Waals surface area (Å²) in [6.45, 7) is 3.71. The average molecular weight is 274 g/mol. The van der Waals surface area contributed by atoms with Gasteiger partial charge in [-0.25, -0.2) is 4.79 Å². The second-order valence-corrected chi connectivity index (χ2v) is 4.31. The third-order valence-electron chi connectivity index (χ3n) is 2.42. The van der Waals surface area contributed by atoms with E-state index in [0.717, 1.165) is 12.8 Å². The van der Waals surface area contributed by atoms with Crippen LogP contribution in [0, 0.1) is 0 Å². The van der Waals surface area contributed by atoms with E-state index in [9.17, 15) is 14.4 Å². The molecule has 0 aliphatic rings. The van der Waals surface area contributed by atoms with Crippen molar-refractivity contribution in [2.45, 2.75) is 51.6 Å². The standard InChI is InChI=1S/C12H23N3O4/c1-3-4-7-19-12(18)9(5-6-10(14)16)15-11(17)8(2)13/h8-9H,3-7,13H2,1-2H3,(H2,14,16)(H,15,17)/t8-,9-/m0/s1/i/hD. The van der Waals surface area contributed by atoms with Crippen molar-refractivity contribution in [3.05, 3.63) is 0 Å². The molecule has 0 radical (unpaired) electrons. The van der Waals surface area contributed by atoms with Gasteiger partial charge in [-0.05, 0) is 19.8 Å². The fourth-order valence-corrected chi connectivity index (χ4v) is 1.25.